The van der Waals surface area contributed by atoms with Crippen molar-refractivity contribution < 1.29 is 13.9 Å². The molecule has 0 atom stereocenters. The summed E-state index contributed by atoms with van der Waals surface area (Å²) in [4.78, 5) is 15.9. The van der Waals surface area contributed by atoms with E-state index in [9.17, 15) is 4.79 Å². The number of carbonyl (C=O) groups is 1. The fourth-order valence-electron chi connectivity index (χ4n) is 2.10. The van der Waals surface area contributed by atoms with E-state index >= 15 is 0 Å². The number of aryl methyl sites for hydroxylation is 1. The molecule has 2 heterocycles. The number of rotatable bonds is 5. The number of furan rings is 1. The van der Waals surface area contributed by atoms with Crippen molar-refractivity contribution in [2.75, 3.05) is 39.9 Å². The molecule has 0 aliphatic carbocycles. The minimum atomic E-state index is 0.169. The van der Waals surface area contributed by atoms with Crippen molar-refractivity contribution in [2.45, 2.75) is 13.5 Å². The molecule has 1 aromatic rings. The number of carbonyl (C=O) groups excluding carboxylic acids is 1. The second-order valence-electron chi connectivity index (χ2n) is 4.61. The van der Waals surface area contributed by atoms with Gasteiger partial charge in [-0.25, -0.2) is 0 Å². The van der Waals surface area contributed by atoms with Crippen LogP contribution in [0.5, 0.6) is 0 Å². The summed E-state index contributed by atoms with van der Waals surface area (Å²) in [6.45, 7) is 6.13. The highest BCUT2D eigenvalue weighted by Crippen LogP contribution is 2.13. The molecule has 1 saturated heterocycles. The number of hydrogen-bond acceptors (Lipinski definition) is 4. The van der Waals surface area contributed by atoms with Gasteiger partial charge in [-0.15, -0.1) is 0 Å². The number of piperazine rings is 1. The van der Waals surface area contributed by atoms with Crippen LogP contribution in [-0.2, 0) is 16.1 Å². The first kappa shape index (κ1) is 13.1. The van der Waals surface area contributed by atoms with E-state index in [1.807, 2.05) is 17.9 Å². The zero-order chi connectivity index (χ0) is 13.0. The van der Waals surface area contributed by atoms with Crippen LogP contribution < -0.4 is 0 Å². The van der Waals surface area contributed by atoms with E-state index < -0.39 is 0 Å². The van der Waals surface area contributed by atoms with E-state index in [-0.39, 0.29) is 5.91 Å². The maximum Gasteiger partial charge on any atom is 0.236 e. The number of hydrogen-bond donors (Lipinski definition) is 0. The van der Waals surface area contributed by atoms with Gasteiger partial charge in [0.15, 0.2) is 0 Å². The minimum Gasteiger partial charge on any atom is -0.468 e. The van der Waals surface area contributed by atoms with Gasteiger partial charge in [-0.1, -0.05) is 0 Å². The second kappa shape index (κ2) is 6.02. The van der Waals surface area contributed by atoms with Crippen LogP contribution in [0.2, 0.25) is 0 Å². The quantitative estimate of drug-likeness (QED) is 0.780. The minimum absolute atomic E-state index is 0.169. The Hall–Kier alpha value is -1.33. The lowest BCUT2D eigenvalue weighted by molar-refractivity contribution is -0.137. The number of nitrogens with zero attached hydrogens (tertiary/aromatic N) is 2. The molecule has 2 rings (SSSR count). The van der Waals surface area contributed by atoms with E-state index in [4.69, 9.17) is 9.15 Å². The predicted molar refractivity (Wildman–Crippen MR) is 67.2 cm³/mol. The van der Waals surface area contributed by atoms with Crippen molar-refractivity contribution in [2.24, 2.45) is 0 Å². The summed E-state index contributed by atoms with van der Waals surface area (Å²) in [6, 6.07) is 1.95. The molecule has 5 nitrogen and oxygen atoms in total. The molecule has 1 aliphatic rings. The standard InChI is InChI=1S/C13H20N2O3/c1-11-3-7-18-12(11)9-14-4-5-15(6-8-17-2)13(16)10-14/h3,7H,4-6,8-10H2,1-2H3. The Morgan fingerprint density at radius 1 is 1.44 bits per heavy atom. The smallest absolute Gasteiger partial charge is 0.236 e. The third-order valence-corrected chi connectivity index (χ3v) is 3.30. The first-order valence-electron chi connectivity index (χ1n) is 6.22. The second-order valence-corrected chi connectivity index (χ2v) is 4.61. The van der Waals surface area contributed by atoms with Crippen molar-refractivity contribution >= 4 is 5.91 Å². The Morgan fingerprint density at radius 2 is 2.28 bits per heavy atom. The summed E-state index contributed by atoms with van der Waals surface area (Å²) in [5, 5.41) is 0. The van der Waals surface area contributed by atoms with Gasteiger partial charge in [0.05, 0.1) is 26.0 Å². The maximum absolute atomic E-state index is 11.9. The van der Waals surface area contributed by atoms with Crippen LogP contribution in [0.3, 0.4) is 0 Å². The largest absolute Gasteiger partial charge is 0.468 e. The topological polar surface area (TPSA) is 45.9 Å². The zero-order valence-corrected chi connectivity index (χ0v) is 11.0. The molecule has 0 N–H and O–H groups in total. The van der Waals surface area contributed by atoms with Gasteiger partial charge in [-0.05, 0) is 18.6 Å². The Kier molecular flexibility index (Phi) is 4.38. The molecule has 0 unspecified atom stereocenters. The van der Waals surface area contributed by atoms with E-state index in [2.05, 4.69) is 4.90 Å². The van der Waals surface area contributed by atoms with Crippen LogP contribution in [0, 0.1) is 6.92 Å². The first-order chi connectivity index (χ1) is 8.70. The molecule has 5 heteroatoms. The van der Waals surface area contributed by atoms with Gasteiger partial charge in [0, 0.05) is 26.7 Å². The van der Waals surface area contributed by atoms with Gasteiger partial charge in [0.2, 0.25) is 5.91 Å². The van der Waals surface area contributed by atoms with E-state index in [0.717, 1.165) is 24.4 Å². The van der Waals surface area contributed by atoms with Crippen molar-refractivity contribution in [3.05, 3.63) is 23.7 Å². The van der Waals surface area contributed by atoms with Crippen molar-refractivity contribution in [3.8, 4) is 0 Å². The molecule has 1 aliphatic heterocycles. The summed E-state index contributed by atoms with van der Waals surface area (Å²) in [7, 11) is 1.65. The molecule has 1 aromatic heterocycles. The monoisotopic (exact) mass is 252 g/mol. The molecular weight excluding hydrogens is 232 g/mol. The average molecular weight is 252 g/mol. The fourth-order valence-corrected chi connectivity index (χ4v) is 2.10. The van der Waals surface area contributed by atoms with Crippen molar-refractivity contribution in [1.29, 1.82) is 0 Å². The molecule has 0 aromatic carbocycles. The number of methoxy groups -OCH3 is 1. The molecule has 1 amide bonds. The van der Waals surface area contributed by atoms with Crippen LogP contribution in [0.4, 0.5) is 0 Å². The third kappa shape index (κ3) is 3.11. The van der Waals surface area contributed by atoms with Crippen molar-refractivity contribution in [1.82, 2.24) is 9.80 Å². The molecule has 1 fully saturated rings. The normalized spacial score (nSPS) is 17.4. The van der Waals surface area contributed by atoms with Crippen LogP contribution in [0.25, 0.3) is 0 Å². The molecular formula is C13H20N2O3. The van der Waals surface area contributed by atoms with Gasteiger partial charge in [-0.3, -0.25) is 9.69 Å². The maximum atomic E-state index is 11.9. The Balaban J connectivity index is 1.85. The van der Waals surface area contributed by atoms with E-state index in [1.165, 1.54) is 0 Å². The Labute approximate surface area is 107 Å². The van der Waals surface area contributed by atoms with Gasteiger partial charge in [0.25, 0.3) is 0 Å². The average Bonchev–Trinajstić information content (AvgIpc) is 2.74. The lowest BCUT2D eigenvalue weighted by Gasteiger charge is -2.33. The van der Waals surface area contributed by atoms with Crippen LogP contribution in [0.15, 0.2) is 16.7 Å². The fraction of sp³-hybridized carbons (Fsp3) is 0.615. The Morgan fingerprint density at radius 3 is 2.89 bits per heavy atom. The van der Waals surface area contributed by atoms with Gasteiger partial charge in [-0.2, -0.15) is 0 Å². The zero-order valence-electron chi connectivity index (χ0n) is 11.0. The number of ether oxygens (including phenoxy) is 1. The Bertz CT molecular complexity index is 403. The molecule has 0 radical (unpaired) electrons. The van der Waals surface area contributed by atoms with Crippen LogP contribution >= 0.6 is 0 Å². The molecule has 0 spiro atoms. The highest BCUT2D eigenvalue weighted by molar-refractivity contribution is 5.79. The van der Waals surface area contributed by atoms with Crippen molar-refractivity contribution in [3.63, 3.8) is 0 Å². The van der Waals surface area contributed by atoms with E-state index in [1.54, 1.807) is 13.4 Å². The lowest BCUT2D eigenvalue weighted by atomic mass is 10.2. The molecule has 0 saturated carbocycles. The summed E-state index contributed by atoms with van der Waals surface area (Å²) < 4.78 is 10.4. The van der Waals surface area contributed by atoms with Gasteiger partial charge >= 0.3 is 0 Å². The first-order valence-corrected chi connectivity index (χ1v) is 6.22. The molecule has 0 bridgehead atoms. The highest BCUT2D eigenvalue weighted by Gasteiger charge is 2.24. The molecule has 100 valence electrons. The van der Waals surface area contributed by atoms with Crippen LogP contribution in [0.1, 0.15) is 11.3 Å². The summed E-state index contributed by atoms with van der Waals surface area (Å²) in [6.07, 6.45) is 1.70. The summed E-state index contributed by atoms with van der Waals surface area (Å²) >= 11 is 0. The third-order valence-electron chi connectivity index (χ3n) is 3.30. The summed E-state index contributed by atoms with van der Waals surface area (Å²) in [5.41, 5.74) is 1.14. The van der Waals surface area contributed by atoms with Gasteiger partial charge < -0.3 is 14.1 Å². The van der Waals surface area contributed by atoms with Crippen LogP contribution in [-0.4, -0.2) is 55.6 Å². The highest BCUT2D eigenvalue weighted by atomic mass is 16.5. The summed E-state index contributed by atoms with van der Waals surface area (Å²) in [5.74, 6) is 1.12. The predicted octanol–water partition coefficient (Wildman–Crippen LogP) is 0.879. The van der Waals surface area contributed by atoms with E-state index in [0.29, 0.717) is 26.2 Å². The molecule has 18 heavy (non-hydrogen) atoms. The number of amides is 1. The van der Waals surface area contributed by atoms with Gasteiger partial charge in [0.1, 0.15) is 5.76 Å². The SMILES string of the molecule is COCCN1CCN(Cc2occc2C)CC1=O. The lowest BCUT2D eigenvalue weighted by Crippen LogP contribution is -2.50.